The highest BCUT2D eigenvalue weighted by Crippen LogP contribution is 2.38. The third-order valence-corrected chi connectivity index (χ3v) is 8.76. The normalized spacial score (nSPS) is 25.8. The third kappa shape index (κ3) is 5.47. The van der Waals surface area contributed by atoms with Crippen molar-refractivity contribution in [3.8, 4) is 10.4 Å². The van der Waals surface area contributed by atoms with Gasteiger partial charge in [0.2, 0.25) is 0 Å². The minimum Gasteiger partial charge on any atom is -0.391 e. The van der Waals surface area contributed by atoms with Gasteiger partial charge in [-0.2, -0.15) is 0 Å². The summed E-state index contributed by atoms with van der Waals surface area (Å²) in [6.45, 7) is 4.92. The van der Waals surface area contributed by atoms with Gasteiger partial charge in [-0.05, 0) is 70.4 Å². The zero-order valence-corrected chi connectivity index (χ0v) is 22.1. The maximum Gasteiger partial charge on any atom is 0.280 e. The number of carbonyl (C=O) groups is 2. The second kappa shape index (κ2) is 9.90. The number of aliphatic hydroxyl groups excluding tert-OH is 1. The average molecular weight is 534 g/mol. The highest BCUT2D eigenvalue weighted by molar-refractivity contribution is 7.17. The minimum absolute atomic E-state index is 0.0244. The topological polar surface area (TPSA) is 107 Å². The SMILES string of the molecule is Cc1cc(N[C@@H](C)C2CC2)ncc1-c1sc(C(=O)N[C@@H]2CCC[C@@H]2O)nc1C(=O)N1CC(F)(F)C[C@@H]1C. The fourth-order valence-electron chi connectivity index (χ4n) is 5.32. The second-order valence-corrected chi connectivity index (χ2v) is 11.8. The van der Waals surface area contributed by atoms with Crippen molar-refractivity contribution >= 4 is 29.0 Å². The van der Waals surface area contributed by atoms with Crippen molar-refractivity contribution in [1.82, 2.24) is 20.2 Å². The molecule has 2 aliphatic carbocycles. The Morgan fingerprint density at radius 1 is 1.27 bits per heavy atom. The van der Waals surface area contributed by atoms with Crippen LogP contribution in [0.15, 0.2) is 12.3 Å². The monoisotopic (exact) mass is 533 g/mol. The quantitative estimate of drug-likeness (QED) is 0.492. The Balaban J connectivity index is 1.47. The molecule has 11 heteroatoms. The number of nitrogens with zero attached hydrogens (tertiary/aromatic N) is 3. The summed E-state index contributed by atoms with van der Waals surface area (Å²) in [4.78, 5) is 37.0. The standard InChI is InChI=1S/C26H33F2N5O3S/c1-13-9-20(30-15(3)16-7-8-16)29-11-17(13)22-21(25(36)33-12-26(27,28)10-14(33)2)32-24(37-22)23(35)31-18-5-4-6-19(18)34/h9,11,14-16,18-19,34H,4-8,10,12H2,1-3H3,(H,29,30)(H,31,35)/t14-,15-,18+,19-/m0/s1. The largest absolute Gasteiger partial charge is 0.391 e. The molecule has 2 aromatic heterocycles. The lowest BCUT2D eigenvalue weighted by atomic mass is 10.1. The van der Waals surface area contributed by atoms with Gasteiger partial charge in [0.15, 0.2) is 5.01 Å². The molecule has 5 rings (SSSR count). The lowest BCUT2D eigenvalue weighted by molar-refractivity contribution is 0.0118. The summed E-state index contributed by atoms with van der Waals surface area (Å²) in [5.74, 6) is -2.71. The lowest BCUT2D eigenvalue weighted by Crippen LogP contribution is -2.40. The zero-order chi connectivity index (χ0) is 26.5. The van der Waals surface area contributed by atoms with E-state index in [1.54, 1.807) is 13.1 Å². The Morgan fingerprint density at radius 2 is 2.03 bits per heavy atom. The van der Waals surface area contributed by atoms with E-state index in [0.29, 0.717) is 35.2 Å². The lowest BCUT2D eigenvalue weighted by Gasteiger charge is -2.20. The molecule has 0 aromatic carbocycles. The van der Waals surface area contributed by atoms with Crippen LogP contribution < -0.4 is 10.6 Å². The number of carbonyl (C=O) groups excluding carboxylic acids is 2. The van der Waals surface area contributed by atoms with Crippen LogP contribution in [-0.4, -0.2) is 68.5 Å². The van der Waals surface area contributed by atoms with Crippen molar-refractivity contribution in [2.24, 2.45) is 5.92 Å². The van der Waals surface area contributed by atoms with Crippen LogP contribution in [0.3, 0.4) is 0 Å². The van der Waals surface area contributed by atoms with Gasteiger partial charge in [0.05, 0.1) is 23.6 Å². The molecule has 2 aromatic rings. The van der Waals surface area contributed by atoms with E-state index in [-0.39, 0.29) is 16.7 Å². The fourth-order valence-corrected chi connectivity index (χ4v) is 6.36. The number of aryl methyl sites for hydroxylation is 1. The molecule has 3 N–H and O–H groups in total. The van der Waals surface area contributed by atoms with E-state index in [2.05, 4.69) is 27.5 Å². The Labute approximate surface area is 218 Å². The van der Waals surface area contributed by atoms with Crippen molar-refractivity contribution < 1.29 is 23.5 Å². The predicted octanol–water partition coefficient (Wildman–Crippen LogP) is 4.24. The molecule has 37 heavy (non-hydrogen) atoms. The summed E-state index contributed by atoms with van der Waals surface area (Å²) in [5, 5.41) is 16.4. The molecule has 3 fully saturated rings. The van der Waals surface area contributed by atoms with Gasteiger partial charge in [-0.25, -0.2) is 18.7 Å². The highest BCUT2D eigenvalue weighted by Gasteiger charge is 2.46. The first-order valence-electron chi connectivity index (χ1n) is 12.9. The van der Waals surface area contributed by atoms with Crippen molar-refractivity contribution in [2.45, 2.75) is 89.4 Å². The number of thiazole rings is 1. The molecular formula is C26H33F2N5O3S. The molecular weight excluding hydrogens is 500 g/mol. The highest BCUT2D eigenvalue weighted by atomic mass is 32.1. The Bertz CT molecular complexity index is 1200. The summed E-state index contributed by atoms with van der Waals surface area (Å²) in [7, 11) is 0. The van der Waals surface area contributed by atoms with E-state index >= 15 is 0 Å². The first kappa shape index (κ1) is 26.0. The Hall–Kier alpha value is -2.66. The number of pyridine rings is 1. The molecule has 3 aliphatic rings. The number of hydrogen-bond donors (Lipinski definition) is 3. The van der Waals surface area contributed by atoms with Crippen molar-refractivity contribution in [3.63, 3.8) is 0 Å². The van der Waals surface area contributed by atoms with E-state index in [0.717, 1.165) is 34.0 Å². The van der Waals surface area contributed by atoms with Crippen molar-refractivity contribution in [3.05, 3.63) is 28.5 Å². The molecule has 2 saturated carbocycles. The molecule has 2 amide bonds. The number of rotatable bonds is 7. The van der Waals surface area contributed by atoms with Gasteiger partial charge in [-0.3, -0.25) is 9.59 Å². The van der Waals surface area contributed by atoms with Crippen LogP contribution in [0.4, 0.5) is 14.6 Å². The summed E-state index contributed by atoms with van der Waals surface area (Å²) in [6.07, 6.45) is 5.10. The van der Waals surface area contributed by atoms with Gasteiger partial charge in [-0.1, -0.05) is 0 Å². The smallest absolute Gasteiger partial charge is 0.280 e. The maximum atomic E-state index is 14.1. The van der Waals surface area contributed by atoms with Crippen molar-refractivity contribution in [1.29, 1.82) is 0 Å². The van der Waals surface area contributed by atoms with Gasteiger partial charge < -0.3 is 20.6 Å². The number of alkyl halides is 2. The van der Waals surface area contributed by atoms with E-state index in [1.807, 2.05) is 13.0 Å². The molecule has 1 aliphatic heterocycles. The molecule has 0 radical (unpaired) electrons. The summed E-state index contributed by atoms with van der Waals surface area (Å²) < 4.78 is 28.2. The molecule has 1 saturated heterocycles. The molecule has 200 valence electrons. The van der Waals surface area contributed by atoms with Crippen LogP contribution in [0.25, 0.3) is 10.4 Å². The van der Waals surface area contributed by atoms with Crippen molar-refractivity contribution in [2.75, 3.05) is 11.9 Å². The summed E-state index contributed by atoms with van der Waals surface area (Å²) in [6, 6.07) is 1.16. The maximum absolute atomic E-state index is 14.1. The summed E-state index contributed by atoms with van der Waals surface area (Å²) >= 11 is 1.04. The number of halogens is 2. The number of likely N-dealkylation sites (tertiary alicyclic amines) is 1. The Kier molecular flexibility index (Phi) is 6.95. The molecule has 0 spiro atoms. The molecule has 4 atom stereocenters. The number of aromatic nitrogens is 2. The van der Waals surface area contributed by atoms with Gasteiger partial charge in [-0.15, -0.1) is 11.3 Å². The van der Waals surface area contributed by atoms with E-state index < -0.39 is 42.8 Å². The summed E-state index contributed by atoms with van der Waals surface area (Å²) in [5.41, 5.74) is 1.43. The molecule has 0 unspecified atom stereocenters. The second-order valence-electron chi connectivity index (χ2n) is 10.8. The predicted molar refractivity (Wildman–Crippen MR) is 137 cm³/mol. The van der Waals surface area contributed by atoms with Crippen LogP contribution in [0.1, 0.15) is 78.2 Å². The van der Waals surface area contributed by atoms with Gasteiger partial charge >= 0.3 is 0 Å². The first-order valence-corrected chi connectivity index (χ1v) is 13.8. The minimum atomic E-state index is -2.97. The fraction of sp³-hybridized carbons (Fsp3) is 0.615. The number of amides is 2. The molecule has 8 nitrogen and oxygen atoms in total. The number of anilines is 1. The van der Waals surface area contributed by atoms with Gasteiger partial charge in [0.1, 0.15) is 11.5 Å². The Morgan fingerprint density at radius 3 is 2.62 bits per heavy atom. The number of nitrogens with one attached hydrogen (secondary N) is 2. The van der Waals surface area contributed by atoms with Crippen LogP contribution in [0, 0.1) is 12.8 Å². The van der Waals surface area contributed by atoms with Crippen LogP contribution in [0.2, 0.25) is 0 Å². The molecule has 3 heterocycles. The third-order valence-electron chi connectivity index (χ3n) is 7.67. The van der Waals surface area contributed by atoms with Crippen LogP contribution in [-0.2, 0) is 0 Å². The average Bonchev–Trinajstić information content (AvgIpc) is 3.37. The molecule has 0 bridgehead atoms. The van der Waals surface area contributed by atoms with Crippen LogP contribution in [0.5, 0.6) is 0 Å². The van der Waals surface area contributed by atoms with E-state index in [1.165, 1.54) is 12.8 Å². The van der Waals surface area contributed by atoms with Crippen LogP contribution >= 0.6 is 11.3 Å². The van der Waals surface area contributed by atoms with Gasteiger partial charge in [0.25, 0.3) is 17.7 Å². The van der Waals surface area contributed by atoms with E-state index in [9.17, 15) is 23.5 Å². The number of aliphatic hydroxyl groups is 1. The van der Waals surface area contributed by atoms with Gasteiger partial charge in [0, 0.05) is 30.3 Å². The first-order chi connectivity index (χ1) is 17.5. The zero-order valence-electron chi connectivity index (χ0n) is 21.3. The van der Waals surface area contributed by atoms with E-state index in [4.69, 9.17) is 0 Å². The number of hydrogen-bond acceptors (Lipinski definition) is 7.